The lowest BCUT2D eigenvalue weighted by atomic mass is 10.1. The highest BCUT2D eigenvalue weighted by molar-refractivity contribution is 7.92. The van der Waals surface area contributed by atoms with Gasteiger partial charge in [-0.1, -0.05) is 17.3 Å². The van der Waals surface area contributed by atoms with Crippen LogP contribution in [-0.2, 0) is 10.0 Å². The van der Waals surface area contributed by atoms with Crippen molar-refractivity contribution in [3.63, 3.8) is 0 Å². The van der Waals surface area contributed by atoms with Gasteiger partial charge >= 0.3 is 5.97 Å². The van der Waals surface area contributed by atoms with Crippen molar-refractivity contribution in [1.82, 2.24) is 5.16 Å². The summed E-state index contributed by atoms with van der Waals surface area (Å²) in [5.74, 6) is -1.03. The number of para-hydroxylation sites is 1. The lowest BCUT2D eigenvalue weighted by molar-refractivity contribution is 0.0686. The third kappa shape index (κ3) is 2.64. The largest absolute Gasteiger partial charge is 0.476 e. The van der Waals surface area contributed by atoms with E-state index in [1.807, 2.05) is 0 Å². The molecule has 106 valence electrons. The third-order valence-electron chi connectivity index (χ3n) is 2.74. The third-order valence-corrected chi connectivity index (χ3v) is 3.93. The lowest BCUT2D eigenvalue weighted by Gasteiger charge is -2.18. The zero-order valence-electron chi connectivity index (χ0n) is 10.8. The summed E-state index contributed by atoms with van der Waals surface area (Å²) in [5, 5.41) is 12.2. The molecule has 20 heavy (non-hydrogen) atoms. The molecule has 2 rings (SSSR count). The highest BCUT2D eigenvalue weighted by atomic mass is 32.2. The van der Waals surface area contributed by atoms with Crippen LogP contribution < -0.4 is 4.31 Å². The van der Waals surface area contributed by atoms with E-state index in [2.05, 4.69) is 5.16 Å². The molecule has 0 unspecified atom stereocenters. The Bertz CT molecular complexity index is 751. The average molecular weight is 296 g/mol. The maximum absolute atomic E-state index is 11.6. The minimum Gasteiger partial charge on any atom is -0.476 e. The van der Waals surface area contributed by atoms with E-state index < -0.39 is 16.0 Å². The van der Waals surface area contributed by atoms with Crippen LogP contribution in [0.15, 0.2) is 34.9 Å². The summed E-state index contributed by atoms with van der Waals surface area (Å²) in [5.41, 5.74) is 0.584. The number of aromatic carboxylic acids is 1. The monoisotopic (exact) mass is 296 g/mol. The topological polar surface area (TPSA) is 101 Å². The number of hydrogen-bond acceptors (Lipinski definition) is 5. The van der Waals surface area contributed by atoms with Crippen LogP contribution in [0, 0.1) is 0 Å². The number of anilines is 1. The zero-order chi connectivity index (χ0) is 14.9. The molecule has 0 amide bonds. The second kappa shape index (κ2) is 4.97. The van der Waals surface area contributed by atoms with Gasteiger partial charge in [0.15, 0.2) is 11.5 Å². The maximum Gasteiger partial charge on any atom is 0.358 e. The second-order valence-corrected chi connectivity index (χ2v) is 6.14. The van der Waals surface area contributed by atoms with Crippen LogP contribution in [0.4, 0.5) is 5.69 Å². The predicted molar refractivity (Wildman–Crippen MR) is 72.1 cm³/mol. The molecule has 0 spiro atoms. The normalized spacial score (nSPS) is 11.3. The molecule has 0 aliphatic carbocycles. The molecule has 1 aromatic carbocycles. The summed E-state index contributed by atoms with van der Waals surface area (Å²) < 4.78 is 29.3. The number of nitrogens with zero attached hydrogens (tertiary/aromatic N) is 2. The molecule has 0 atom stereocenters. The Morgan fingerprint density at radius 3 is 2.55 bits per heavy atom. The van der Waals surface area contributed by atoms with Crippen LogP contribution in [0.1, 0.15) is 10.5 Å². The lowest BCUT2D eigenvalue weighted by Crippen LogP contribution is -2.25. The molecule has 0 saturated carbocycles. The van der Waals surface area contributed by atoms with Gasteiger partial charge in [0.2, 0.25) is 10.0 Å². The van der Waals surface area contributed by atoms with Crippen molar-refractivity contribution in [3.05, 3.63) is 36.0 Å². The fourth-order valence-corrected chi connectivity index (χ4v) is 2.15. The molecule has 0 bridgehead atoms. The number of benzene rings is 1. The fourth-order valence-electron chi connectivity index (χ4n) is 1.64. The van der Waals surface area contributed by atoms with Gasteiger partial charge in [-0.3, -0.25) is 4.31 Å². The molecule has 1 aromatic heterocycles. The van der Waals surface area contributed by atoms with Gasteiger partial charge in [-0.2, -0.15) is 0 Å². The molecule has 8 heteroatoms. The van der Waals surface area contributed by atoms with Gasteiger partial charge in [-0.15, -0.1) is 0 Å². The summed E-state index contributed by atoms with van der Waals surface area (Å²) in [6.45, 7) is 0. The number of aromatic nitrogens is 1. The van der Waals surface area contributed by atoms with Crippen molar-refractivity contribution in [2.24, 2.45) is 0 Å². The van der Waals surface area contributed by atoms with Gasteiger partial charge in [-0.25, -0.2) is 13.2 Å². The quantitative estimate of drug-likeness (QED) is 0.916. The van der Waals surface area contributed by atoms with Crippen LogP contribution >= 0.6 is 0 Å². The fraction of sp³-hybridized carbons (Fsp3) is 0.167. The molecule has 0 aliphatic heterocycles. The van der Waals surface area contributed by atoms with Crippen LogP contribution in [0.25, 0.3) is 11.3 Å². The van der Waals surface area contributed by atoms with Crippen molar-refractivity contribution in [3.8, 4) is 11.3 Å². The van der Waals surface area contributed by atoms with E-state index in [-0.39, 0.29) is 11.5 Å². The first kappa shape index (κ1) is 14.1. The number of carboxylic acids is 1. The van der Waals surface area contributed by atoms with E-state index in [9.17, 15) is 13.2 Å². The molecule has 7 nitrogen and oxygen atoms in total. The summed E-state index contributed by atoms with van der Waals surface area (Å²) >= 11 is 0. The highest BCUT2D eigenvalue weighted by Gasteiger charge is 2.20. The van der Waals surface area contributed by atoms with Gasteiger partial charge in [-0.05, 0) is 12.1 Å². The van der Waals surface area contributed by atoms with E-state index in [1.54, 1.807) is 24.3 Å². The molecule has 0 aliphatic rings. The standard InChI is InChI=1S/C12H12N2O5S/c1-14(20(2,17)18)10-6-4-3-5-8(10)11-7-9(12(15)16)13-19-11/h3-7H,1-2H3,(H,15,16). The molecule has 0 fully saturated rings. The van der Waals surface area contributed by atoms with Gasteiger partial charge in [0.25, 0.3) is 0 Å². The van der Waals surface area contributed by atoms with Gasteiger partial charge in [0.1, 0.15) is 0 Å². The number of hydrogen-bond donors (Lipinski definition) is 1. The van der Waals surface area contributed by atoms with E-state index in [1.165, 1.54) is 13.1 Å². The van der Waals surface area contributed by atoms with Gasteiger partial charge in [0, 0.05) is 18.7 Å². The summed E-state index contributed by atoms with van der Waals surface area (Å²) in [6, 6.07) is 7.84. The van der Waals surface area contributed by atoms with Crippen molar-refractivity contribution in [2.75, 3.05) is 17.6 Å². The van der Waals surface area contributed by atoms with Crippen molar-refractivity contribution in [2.45, 2.75) is 0 Å². The first-order valence-corrected chi connectivity index (χ1v) is 7.39. The van der Waals surface area contributed by atoms with Crippen molar-refractivity contribution >= 4 is 21.7 Å². The average Bonchev–Trinajstić information content (AvgIpc) is 2.86. The minimum atomic E-state index is -3.44. The molecule has 1 N–H and O–H groups in total. The smallest absolute Gasteiger partial charge is 0.358 e. The molecular weight excluding hydrogens is 284 g/mol. The molecular formula is C12H12N2O5S. The number of rotatable bonds is 4. The Morgan fingerprint density at radius 2 is 2.00 bits per heavy atom. The molecule has 1 heterocycles. The Kier molecular flexibility index (Phi) is 3.49. The molecule has 2 aromatic rings. The maximum atomic E-state index is 11.6. The summed E-state index contributed by atoms with van der Waals surface area (Å²) in [6.07, 6.45) is 1.08. The first-order chi connectivity index (χ1) is 9.30. The van der Waals surface area contributed by atoms with E-state index >= 15 is 0 Å². The Balaban J connectivity index is 2.55. The van der Waals surface area contributed by atoms with Crippen LogP contribution in [0.2, 0.25) is 0 Å². The van der Waals surface area contributed by atoms with Crippen LogP contribution in [0.5, 0.6) is 0 Å². The zero-order valence-corrected chi connectivity index (χ0v) is 11.6. The van der Waals surface area contributed by atoms with Gasteiger partial charge < -0.3 is 9.63 Å². The SMILES string of the molecule is CN(c1ccccc1-c1cc(C(=O)O)no1)S(C)(=O)=O. The summed E-state index contributed by atoms with van der Waals surface area (Å²) in [4.78, 5) is 10.8. The van der Waals surface area contributed by atoms with Crippen LogP contribution in [0.3, 0.4) is 0 Å². The highest BCUT2D eigenvalue weighted by Crippen LogP contribution is 2.31. The van der Waals surface area contributed by atoms with Crippen molar-refractivity contribution in [1.29, 1.82) is 0 Å². The predicted octanol–water partition coefficient (Wildman–Crippen LogP) is 1.44. The summed E-state index contributed by atoms with van der Waals surface area (Å²) in [7, 11) is -2.04. The Hall–Kier alpha value is -2.35. The number of carbonyl (C=O) groups is 1. The number of carboxylic acid groups (broad SMARTS) is 1. The van der Waals surface area contributed by atoms with Crippen LogP contribution in [-0.4, -0.2) is 38.0 Å². The molecule has 0 radical (unpaired) electrons. The van der Waals surface area contributed by atoms with E-state index in [4.69, 9.17) is 9.63 Å². The Labute approximate surface area is 115 Å². The second-order valence-electron chi connectivity index (χ2n) is 4.13. The first-order valence-electron chi connectivity index (χ1n) is 5.54. The minimum absolute atomic E-state index is 0.188. The van der Waals surface area contributed by atoms with Crippen molar-refractivity contribution < 1.29 is 22.8 Å². The number of sulfonamides is 1. The van der Waals surface area contributed by atoms with Gasteiger partial charge in [0.05, 0.1) is 11.9 Å². The van der Waals surface area contributed by atoms with E-state index in [0.29, 0.717) is 11.3 Å². The molecule has 0 saturated heterocycles. The Morgan fingerprint density at radius 1 is 1.35 bits per heavy atom. The van der Waals surface area contributed by atoms with E-state index in [0.717, 1.165) is 10.6 Å².